The molecule has 0 bridgehead atoms. The number of rotatable bonds is 5. The summed E-state index contributed by atoms with van der Waals surface area (Å²) in [6.07, 6.45) is 3.19. The number of aryl methyl sites for hydroxylation is 2. The Bertz CT molecular complexity index is 1420. The van der Waals surface area contributed by atoms with Crippen LogP contribution in [0.3, 0.4) is 0 Å². The number of amides is 1. The van der Waals surface area contributed by atoms with Crippen molar-refractivity contribution in [2.24, 2.45) is 0 Å². The molecule has 0 atom stereocenters. The number of anilines is 3. The van der Waals surface area contributed by atoms with Gasteiger partial charge < -0.3 is 15.2 Å². The minimum Gasteiger partial charge on any atom is -0.361 e. The number of nitrogens with zero attached hydrogens (tertiary/aromatic N) is 5. The predicted octanol–water partition coefficient (Wildman–Crippen LogP) is 4.42. The Kier molecular flexibility index (Phi) is 4.83. The molecule has 3 aromatic heterocycles. The molecular formula is C23H19N7O2. The van der Waals surface area contributed by atoms with Crippen LogP contribution in [0, 0.1) is 13.8 Å². The van der Waals surface area contributed by atoms with Gasteiger partial charge in [0.05, 0.1) is 11.0 Å². The van der Waals surface area contributed by atoms with Crippen molar-refractivity contribution in [1.29, 1.82) is 0 Å². The van der Waals surface area contributed by atoms with Crippen LogP contribution in [0.15, 0.2) is 71.6 Å². The largest absolute Gasteiger partial charge is 0.361 e. The van der Waals surface area contributed by atoms with Crippen LogP contribution < -0.4 is 10.6 Å². The third-order valence-electron chi connectivity index (χ3n) is 4.96. The third kappa shape index (κ3) is 3.67. The van der Waals surface area contributed by atoms with E-state index in [1.807, 2.05) is 60.0 Å². The van der Waals surface area contributed by atoms with Crippen molar-refractivity contribution < 1.29 is 9.32 Å². The Morgan fingerprint density at radius 3 is 2.72 bits per heavy atom. The summed E-state index contributed by atoms with van der Waals surface area (Å²) < 4.78 is 6.92. The van der Waals surface area contributed by atoms with Crippen LogP contribution in [0.1, 0.15) is 21.8 Å². The maximum absolute atomic E-state index is 12.5. The topological polar surface area (TPSA) is 111 Å². The zero-order valence-corrected chi connectivity index (χ0v) is 17.4. The molecule has 5 aromatic rings. The number of aromatic nitrogens is 5. The van der Waals surface area contributed by atoms with Gasteiger partial charge in [0, 0.05) is 23.6 Å². The average Bonchev–Trinajstić information content (AvgIpc) is 3.40. The Hall–Kier alpha value is -4.53. The van der Waals surface area contributed by atoms with Gasteiger partial charge in [-0.15, -0.1) is 0 Å². The first-order chi connectivity index (χ1) is 15.6. The first kappa shape index (κ1) is 19.4. The average molecular weight is 425 g/mol. The van der Waals surface area contributed by atoms with Crippen LogP contribution in [-0.4, -0.2) is 30.6 Å². The van der Waals surface area contributed by atoms with Crippen molar-refractivity contribution in [2.45, 2.75) is 13.8 Å². The van der Waals surface area contributed by atoms with E-state index in [1.54, 1.807) is 19.2 Å². The number of hydrogen-bond donors (Lipinski definition) is 2. The maximum Gasteiger partial charge on any atom is 0.277 e. The van der Waals surface area contributed by atoms with Crippen LogP contribution in [0.4, 0.5) is 17.3 Å². The minimum atomic E-state index is -0.343. The SMILES string of the molecule is Cc1cc(C(=O)Nc2ccc(C)c(Nc3nc4ccccc4n3-c3ccncn3)c2)no1. The Morgan fingerprint density at radius 2 is 1.94 bits per heavy atom. The van der Waals surface area contributed by atoms with E-state index < -0.39 is 0 Å². The van der Waals surface area contributed by atoms with Gasteiger partial charge >= 0.3 is 0 Å². The number of fused-ring (bicyclic) bond motifs is 1. The molecule has 3 heterocycles. The second kappa shape index (κ2) is 7.95. The third-order valence-corrected chi connectivity index (χ3v) is 4.96. The van der Waals surface area contributed by atoms with Gasteiger partial charge in [-0.05, 0) is 49.7 Å². The molecule has 0 aliphatic heterocycles. The summed E-state index contributed by atoms with van der Waals surface area (Å²) in [5.41, 5.74) is 4.37. The van der Waals surface area contributed by atoms with Crippen molar-refractivity contribution in [3.63, 3.8) is 0 Å². The second-order valence-electron chi connectivity index (χ2n) is 7.26. The monoisotopic (exact) mass is 425 g/mol. The number of imidazole rings is 1. The van der Waals surface area contributed by atoms with Crippen molar-refractivity contribution in [3.8, 4) is 5.82 Å². The lowest BCUT2D eigenvalue weighted by Gasteiger charge is -2.13. The highest BCUT2D eigenvalue weighted by molar-refractivity contribution is 6.03. The lowest BCUT2D eigenvalue weighted by atomic mass is 10.1. The van der Waals surface area contributed by atoms with Gasteiger partial charge in [0.2, 0.25) is 5.95 Å². The number of benzene rings is 2. The molecule has 0 radical (unpaired) electrons. The lowest BCUT2D eigenvalue weighted by Crippen LogP contribution is -2.12. The van der Waals surface area contributed by atoms with Crippen molar-refractivity contribution in [2.75, 3.05) is 10.6 Å². The van der Waals surface area contributed by atoms with Crippen LogP contribution in [-0.2, 0) is 0 Å². The fourth-order valence-corrected chi connectivity index (χ4v) is 3.38. The molecule has 32 heavy (non-hydrogen) atoms. The van der Waals surface area contributed by atoms with Crippen molar-refractivity contribution in [1.82, 2.24) is 24.7 Å². The van der Waals surface area contributed by atoms with E-state index in [-0.39, 0.29) is 11.6 Å². The summed E-state index contributed by atoms with van der Waals surface area (Å²) in [4.78, 5) is 25.6. The highest BCUT2D eigenvalue weighted by Gasteiger charge is 2.15. The highest BCUT2D eigenvalue weighted by Crippen LogP contribution is 2.29. The van der Waals surface area contributed by atoms with E-state index in [9.17, 15) is 4.79 Å². The molecule has 0 spiro atoms. The number of carbonyl (C=O) groups excluding carboxylic acids is 1. The van der Waals surface area contributed by atoms with Gasteiger partial charge in [-0.1, -0.05) is 23.4 Å². The normalized spacial score (nSPS) is 10.9. The molecule has 5 rings (SSSR count). The molecular weight excluding hydrogens is 406 g/mol. The number of hydrogen-bond acceptors (Lipinski definition) is 7. The van der Waals surface area contributed by atoms with Gasteiger partial charge in [0.25, 0.3) is 5.91 Å². The molecule has 0 unspecified atom stereocenters. The van der Waals surface area contributed by atoms with E-state index in [1.165, 1.54) is 6.33 Å². The molecule has 0 fully saturated rings. The van der Waals surface area contributed by atoms with E-state index in [2.05, 4.69) is 25.8 Å². The number of nitrogens with one attached hydrogen (secondary N) is 2. The molecule has 0 saturated carbocycles. The smallest absolute Gasteiger partial charge is 0.277 e. The van der Waals surface area contributed by atoms with Crippen LogP contribution >= 0.6 is 0 Å². The van der Waals surface area contributed by atoms with E-state index in [0.29, 0.717) is 23.2 Å². The molecule has 0 saturated heterocycles. The molecule has 9 nitrogen and oxygen atoms in total. The zero-order valence-electron chi connectivity index (χ0n) is 17.4. The van der Waals surface area contributed by atoms with E-state index in [4.69, 9.17) is 9.51 Å². The molecule has 158 valence electrons. The summed E-state index contributed by atoms with van der Waals surface area (Å²) in [5.74, 6) is 1.53. The molecule has 1 amide bonds. The number of para-hydroxylation sites is 2. The summed E-state index contributed by atoms with van der Waals surface area (Å²) in [6, 6.07) is 16.8. The standard InChI is InChI=1S/C23H19N7O2/c1-14-7-8-16(26-22(31)19-11-15(2)32-29-19)12-18(14)28-23-27-17-5-3-4-6-20(17)30(23)21-9-10-24-13-25-21/h3-13H,1-2H3,(H,26,31)(H,27,28). The van der Waals surface area contributed by atoms with E-state index in [0.717, 1.165) is 22.3 Å². The van der Waals surface area contributed by atoms with Crippen LogP contribution in [0.25, 0.3) is 16.9 Å². The Morgan fingerprint density at radius 1 is 1.06 bits per heavy atom. The molecule has 0 aliphatic rings. The minimum absolute atomic E-state index is 0.225. The quantitative estimate of drug-likeness (QED) is 0.429. The molecule has 2 aromatic carbocycles. The maximum atomic E-state index is 12.5. The highest BCUT2D eigenvalue weighted by atomic mass is 16.5. The summed E-state index contributed by atoms with van der Waals surface area (Å²) in [7, 11) is 0. The predicted molar refractivity (Wildman–Crippen MR) is 120 cm³/mol. The Labute approximate surface area is 183 Å². The molecule has 2 N–H and O–H groups in total. The van der Waals surface area contributed by atoms with Crippen molar-refractivity contribution >= 4 is 34.3 Å². The molecule has 0 aliphatic carbocycles. The summed E-state index contributed by atoms with van der Waals surface area (Å²) >= 11 is 0. The fourth-order valence-electron chi connectivity index (χ4n) is 3.38. The zero-order chi connectivity index (χ0) is 22.1. The van der Waals surface area contributed by atoms with Gasteiger partial charge in [-0.3, -0.25) is 9.36 Å². The number of carbonyl (C=O) groups is 1. The first-order valence-electron chi connectivity index (χ1n) is 9.95. The lowest BCUT2D eigenvalue weighted by molar-refractivity contribution is 0.101. The van der Waals surface area contributed by atoms with Gasteiger partial charge in [0.15, 0.2) is 5.69 Å². The van der Waals surface area contributed by atoms with E-state index >= 15 is 0 Å². The summed E-state index contributed by atoms with van der Waals surface area (Å²) in [5, 5.41) is 10.0. The van der Waals surface area contributed by atoms with Crippen molar-refractivity contribution in [3.05, 3.63) is 84.1 Å². The summed E-state index contributed by atoms with van der Waals surface area (Å²) in [6.45, 7) is 3.72. The first-order valence-corrected chi connectivity index (χ1v) is 9.95. The van der Waals surface area contributed by atoms with Gasteiger partial charge in [-0.25, -0.2) is 15.0 Å². The van der Waals surface area contributed by atoms with Gasteiger partial charge in [-0.2, -0.15) is 0 Å². The van der Waals surface area contributed by atoms with Crippen LogP contribution in [0.5, 0.6) is 0 Å². The fraction of sp³-hybridized carbons (Fsp3) is 0.0870. The van der Waals surface area contributed by atoms with Crippen LogP contribution in [0.2, 0.25) is 0 Å². The van der Waals surface area contributed by atoms with Gasteiger partial charge in [0.1, 0.15) is 17.9 Å². The Balaban J connectivity index is 1.50. The molecule has 9 heteroatoms. The second-order valence-corrected chi connectivity index (χ2v) is 7.26.